The Hall–Kier alpha value is -3.41. The Bertz CT molecular complexity index is 1010. The van der Waals surface area contributed by atoms with Gasteiger partial charge in [-0.15, -0.1) is 0 Å². The molecule has 1 heterocycles. The summed E-state index contributed by atoms with van der Waals surface area (Å²) in [6, 6.07) is 20.0. The number of para-hydroxylation sites is 1. The van der Waals surface area contributed by atoms with Crippen LogP contribution in [0.5, 0.6) is 0 Å². The lowest BCUT2D eigenvalue weighted by atomic mass is 10.1. The number of pyridine rings is 1. The SMILES string of the molecule is CC(C)(C)OC(=O)N[C@@H](Cc1ccc2ccccc2n1)C(=O)OCc1ccccc1. The highest BCUT2D eigenvalue weighted by molar-refractivity contribution is 5.82. The summed E-state index contributed by atoms with van der Waals surface area (Å²) in [5.41, 5.74) is 1.69. The zero-order valence-corrected chi connectivity index (χ0v) is 17.4. The van der Waals surface area contributed by atoms with Gasteiger partial charge >= 0.3 is 12.1 Å². The van der Waals surface area contributed by atoms with E-state index in [4.69, 9.17) is 9.47 Å². The van der Waals surface area contributed by atoms with Gasteiger partial charge in [-0.05, 0) is 38.5 Å². The minimum atomic E-state index is -0.919. The highest BCUT2D eigenvalue weighted by Gasteiger charge is 2.26. The minimum Gasteiger partial charge on any atom is -0.459 e. The number of aromatic nitrogens is 1. The van der Waals surface area contributed by atoms with Crippen LogP contribution in [-0.2, 0) is 27.3 Å². The molecule has 0 saturated carbocycles. The van der Waals surface area contributed by atoms with Crippen molar-refractivity contribution in [3.8, 4) is 0 Å². The zero-order chi connectivity index (χ0) is 21.6. The van der Waals surface area contributed by atoms with E-state index in [1.165, 1.54) is 0 Å². The first-order chi connectivity index (χ1) is 14.3. The first-order valence-corrected chi connectivity index (χ1v) is 9.85. The van der Waals surface area contributed by atoms with E-state index in [1.807, 2.05) is 66.7 Å². The quantitative estimate of drug-likeness (QED) is 0.614. The van der Waals surface area contributed by atoms with Crippen LogP contribution in [-0.4, -0.2) is 28.7 Å². The Morgan fingerprint density at radius 3 is 2.40 bits per heavy atom. The number of nitrogens with zero attached hydrogens (tertiary/aromatic N) is 1. The van der Waals surface area contributed by atoms with E-state index >= 15 is 0 Å². The van der Waals surface area contributed by atoms with E-state index < -0.39 is 23.7 Å². The molecule has 6 heteroatoms. The lowest BCUT2D eigenvalue weighted by Gasteiger charge is -2.23. The van der Waals surface area contributed by atoms with E-state index in [1.54, 1.807) is 20.8 Å². The van der Waals surface area contributed by atoms with Gasteiger partial charge in [-0.3, -0.25) is 4.98 Å². The maximum absolute atomic E-state index is 12.8. The highest BCUT2D eigenvalue weighted by Crippen LogP contribution is 2.14. The monoisotopic (exact) mass is 406 g/mol. The van der Waals surface area contributed by atoms with Crippen LogP contribution in [0, 0.1) is 0 Å². The highest BCUT2D eigenvalue weighted by atomic mass is 16.6. The number of hydrogen-bond acceptors (Lipinski definition) is 5. The molecule has 0 spiro atoms. The van der Waals surface area contributed by atoms with Crippen LogP contribution in [0.15, 0.2) is 66.7 Å². The third-order valence-electron chi connectivity index (χ3n) is 4.27. The van der Waals surface area contributed by atoms with Crippen LogP contribution in [0.4, 0.5) is 4.79 Å². The van der Waals surface area contributed by atoms with Gasteiger partial charge in [0.05, 0.1) is 5.52 Å². The molecule has 0 radical (unpaired) electrons. The first kappa shape index (κ1) is 21.3. The number of ether oxygens (including phenoxy) is 2. The Kier molecular flexibility index (Phi) is 6.67. The number of hydrogen-bond donors (Lipinski definition) is 1. The van der Waals surface area contributed by atoms with E-state index in [2.05, 4.69) is 10.3 Å². The number of fused-ring (bicyclic) bond motifs is 1. The lowest BCUT2D eigenvalue weighted by molar-refractivity contribution is -0.147. The van der Waals surface area contributed by atoms with E-state index in [-0.39, 0.29) is 13.0 Å². The fourth-order valence-corrected chi connectivity index (χ4v) is 2.90. The fourth-order valence-electron chi connectivity index (χ4n) is 2.90. The Balaban J connectivity index is 1.74. The van der Waals surface area contributed by atoms with Crippen LogP contribution in [0.3, 0.4) is 0 Å². The van der Waals surface area contributed by atoms with Crippen molar-refractivity contribution in [3.63, 3.8) is 0 Å². The number of benzene rings is 2. The fraction of sp³-hybridized carbons (Fsp3) is 0.292. The summed E-state index contributed by atoms with van der Waals surface area (Å²) in [4.78, 5) is 29.7. The van der Waals surface area contributed by atoms with E-state index in [0.29, 0.717) is 5.69 Å². The Labute approximate surface area is 176 Å². The summed E-state index contributed by atoms with van der Waals surface area (Å²) in [6.45, 7) is 5.41. The van der Waals surface area contributed by atoms with Gasteiger partial charge in [0, 0.05) is 17.5 Å². The van der Waals surface area contributed by atoms with Gasteiger partial charge in [0.15, 0.2) is 0 Å². The van der Waals surface area contributed by atoms with Crippen molar-refractivity contribution in [2.45, 2.75) is 45.4 Å². The number of alkyl carbamates (subject to hydrolysis) is 1. The second kappa shape index (κ2) is 9.39. The van der Waals surface area contributed by atoms with Gasteiger partial charge in [0.1, 0.15) is 18.2 Å². The molecular weight excluding hydrogens is 380 g/mol. The molecule has 0 aliphatic carbocycles. The molecule has 6 nitrogen and oxygen atoms in total. The lowest BCUT2D eigenvalue weighted by Crippen LogP contribution is -2.45. The average molecular weight is 406 g/mol. The Morgan fingerprint density at radius 2 is 1.67 bits per heavy atom. The summed E-state index contributed by atoms with van der Waals surface area (Å²) in [7, 11) is 0. The topological polar surface area (TPSA) is 77.5 Å². The second-order valence-corrected chi connectivity index (χ2v) is 7.99. The van der Waals surface area contributed by atoms with E-state index in [0.717, 1.165) is 16.5 Å². The van der Waals surface area contributed by atoms with Crippen LogP contribution >= 0.6 is 0 Å². The van der Waals surface area contributed by atoms with Crippen molar-refractivity contribution in [3.05, 3.63) is 78.0 Å². The third-order valence-corrected chi connectivity index (χ3v) is 4.27. The molecular formula is C24H26N2O4. The third kappa shape index (κ3) is 6.30. The molecule has 0 aliphatic rings. The number of amides is 1. The standard InChI is InChI=1S/C24H26N2O4/c1-24(2,3)30-23(28)26-21(22(27)29-16-17-9-5-4-6-10-17)15-19-14-13-18-11-7-8-12-20(18)25-19/h4-14,21H,15-16H2,1-3H3,(H,26,28)/t21-/m0/s1. The molecule has 0 saturated heterocycles. The summed E-state index contributed by atoms with van der Waals surface area (Å²) < 4.78 is 10.8. The number of nitrogens with one attached hydrogen (secondary N) is 1. The molecule has 156 valence electrons. The van der Waals surface area contributed by atoms with Gasteiger partial charge in [0.25, 0.3) is 0 Å². The zero-order valence-electron chi connectivity index (χ0n) is 17.4. The molecule has 3 rings (SSSR count). The molecule has 1 aromatic heterocycles. The van der Waals surface area contributed by atoms with Gasteiger partial charge in [-0.2, -0.15) is 0 Å². The average Bonchev–Trinajstić information content (AvgIpc) is 2.71. The maximum Gasteiger partial charge on any atom is 0.408 e. The predicted octanol–water partition coefficient (Wildman–Crippen LogP) is 4.41. The largest absolute Gasteiger partial charge is 0.459 e. The summed E-state index contributed by atoms with van der Waals surface area (Å²) in [6.07, 6.45) is -0.484. The van der Waals surface area contributed by atoms with Crippen LogP contribution in [0.1, 0.15) is 32.0 Å². The van der Waals surface area contributed by atoms with Gasteiger partial charge in [0.2, 0.25) is 0 Å². The van der Waals surface area contributed by atoms with Crippen molar-refractivity contribution in [2.75, 3.05) is 0 Å². The number of rotatable bonds is 6. The van der Waals surface area contributed by atoms with Crippen LogP contribution < -0.4 is 5.32 Å². The minimum absolute atomic E-state index is 0.122. The molecule has 1 amide bonds. The predicted molar refractivity (Wildman–Crippen MR) is 115 cm³/mol. The maximum atomic E-state index is 12.8. The molecule has 30 heavy (non-hydrogen) atoms. The van der Waals surface area contributed by atoms with Crippen molar-refractivity contribution in [2.24, 2.45) is 0 Å². The van der Waals surface area contributed by atoms with Crippen molar-refractivity contribution in [1.29, 1.82) is 0 Å². The van der Waals surface area contributed by atoms with Crippen molar-refractivity contribution < 1.29 is 19.1 Å². The molecule has 1 N–H and O–H groups in total. The molecule has 1 atom stereocenters. The number of carbonyl (C=O) groups excluding carboxylic acids is 2. The number of esters is 1. The Morgan fingerprint density at radius 1 is 0.967 bits per heavy atom. The number of carbonyl (C=O) groups is 2. The van der Waals surface area contributed by atoms with E-state index in [9.17, 15) is 9.59 Å². The molecule has 0 bridgehead atoms. The molecule has 0 fully saturated rings. The van der Waals surface area contributed by atoms with Crippen molar-refractivity contribution >= 4 is 23.0 Å². The summed E-state index contributed by atoms with van der Waals surface area (Å²) in [5, 5.41) is 3.63. The molecule has 0 aliphatic heterocycles. The van der Waals surface area contributed by atoms with Gasteiger partial charge in [-0.1, -0.05) is 54.6 Å². The second-order valence-electron chi connectivity index (χ2n) is 7.99. The van der Waals surface area contributed by atoms with Gasteiger partial charge < -0.3 is 14.8 Å². The molecule has 0 unspecified atom stereocenters. The molecule has 3 aromatic rings. The summed E-state index contributed by atoms with van der Waals surface area (Å²) >= 11 is 0. The van der Waals surface area contributed by atoms with Gasteiger partial charge in [-0.25, -0.2) is 9.59 Å². The van der Waals surface area contributed by atoms with Crippen LogP contribution in [0.25, 0.3) is 10.9 Å². The normalized spacial score (nSPS) is 12.2. The van der Waals surface area contributed by atoms with Crippen LogP contribution in [0.2, 0.25) is 0 Å². The molecule has 2 aromatic carbocycles. The van der Waals surface area contributed by atoms with Crippen molar-refractivity contribution in [1.82, 2.24) is 10.3 Å². The first-order valence-electron chi connectivity index (χ1n) is 9.85. The smallest absolute Gasteiger partial charge is 0.408 e. The summed E-state index contributed by atoms with van der Waals surface area (Å²) in [5.74, 6) is -0.542.